The van der Waals surface area contributed by atoms with Crippen molar-refractivity contribution in [1.29, 1.82) is 0 Å². The Bertz CT molecular complexity index is 661. The normalized spacial score (nSPS) is 12.8. The van der Waals surface area contributed by atoms with Gasteiger partial charge in [-0.15, -0.1) is 0 Å². The molecular weight excluding hydrogens is 340 g/mol. The maximum atomic E-state index is 12.2. The fourth-order valence-electron chi connectivity index (χ4n) is 2.05. The summed E-state index contributed by atoms with van der Waals surface area (Å²) < 4.78 is 30.4. The Kier molecular flexibility index (Phi) is 6.70. The standard InChI is InChI=1S/C15H23ClN2O4S/c1-10(2)9-17-15(19)11(3)18(23(5,20)21)12-6-7-14(22-4)13(16)8-12/h6-8,10-11H,9H2,1-5H3,(H,17,19)/t11-/m1/s1. The van der Waals surface area contributed by atoms with Crippen molar-refractivity contribution in [3.63, 3.8) is 0 Å². The van der Waals surface area contributed by atoms with Crippen LogP contribution >= 0.6 is 11.6 Å². The first kappa shape index (κ1) is 19.6. The lowest BCUT2D eigenvalue weighted by molar-refractivity contribution is -0.121. The number of carbonyl (C=O) groups is 1. The lowest BCUT2D eigenvalue weighted by Crippen LogP contribution is -2.48. The molecule has 0 aliphatic heterocycles. The van der Waals surface area contributed by atoms with Crippen LogP contribution in [0.4, 0.5) is 5.69 Å². The molecule has 23 heavy (non-hydrogen) atoms. The van der Waals surface area contributed by atoms with E-state index in [9.17, 15) is 13.2 Å². The number of hydrogen-bond acceptors (Lipinski definition) is 4. The maximum absolute atomic E-state index is 12.2. The summed E-state index contributed by atoms with van der Waals surface area (Å²) in [5.74, 6) is 0.338. The zero-order valence-electron chi connectivity index (χ0n) is 14.0. The van der Waals surface area contributed by atoms with E-state index in [2.05, 4.69) is 5.32 Å². The molecule has 0 radical (unpaired) electrons. The first-order valence-corrected chi connectivity index (χ1v) is 9.41. The second-order valence-corrected chi connectivity index (χ2v) is 7.96. The van der Waals surface area contributed by atoms with E-state index >= 15 is 0 Å². The molecule has 1 atom stereocenters. The molecular formula is C15H23ClN2O4S. The zero-order chi connectivity index (χ0) is 17.8. The number of carbonyl (C=O) groups excluding carboxylic acids is 1. The number of halogens is 1. The third-order valence-corrected chi connectivity index (χ3v) is 4.70. The van der Waals surface area contributed by atoms with E-state index in [1.165, 1.54) is 20.1 Å². The van der Waals surface area contributed by atoms with Crippen molar-refractivity contribution in [1.82, 2.24) is 5.32 Å². The number of sulfonamides is 1. The molecule has 8 heteroatoms. The largest absolute Gasteiger partial charge is 0.495 e. The summed E-state index contributed by atoms with van der Waals surface area (Å²) in [5, 5.41) is 3.01. The van der Waals surface area contributed by atoms with Gasteiger partial charge in [-0.25, -0.2) is 8.42 Å². The highest BCUT2D eigenvalue weighted by atomic mass is 35.5. The molecule has 1 aromatic rings. The van der Waals surface area contributed by atoms with E-state index in [-0.39, 0.29) is 16.8 Å². The summed E-state index contributed by atoms with van der Waals surface area (Å²) in [6.07, 6.45) is 1.05. The van der Waals surface area contributed by atoms with Crippen LogP contribution in [0.25, 0.3) is 0 Å². The topological polar surface area (TPSA) is 75.7 Å². The minimum absolute atomic E-state index is 0.272. The van der Waals surface area contributed by atoms with Gasteiger partial charge in [0.2, 0.25) is 15.9 Å². The minimum atomic E-state index is -3.66. The molecule has 130 valence electrons. The predicted octanol–water partition coefficient (Wildman–Crippen LogP) is 2.28. The van der Waals surface area contributed by atoms with Crippen LogP contribution in [0, 0.1) is 5.92 Å². The van der Waals surface area contributed by atoms with Crippen LogP contribution in [0.15, 0.2) is 18.2 Å². The fraction of sp³-hybridized carbons (Fsp3) is 0.533. The van der Waals surface area contributed by atoms with Crippen LogP contribution in [0.2, 0.25) is 5.02 Å². The van der Waals surface area contributed by atoms with E-state index in [0.29, 0.717) is 18.0 Å². The molecule has 0 bridgehead atoms. The van der Waals surface area contributed by atoms with E-state index < -0.39 is 16.1 Å². The van der Waals surface area contributed by atoms with Crippen LogP contribution in [0.3, 0.4) is 0 Å². The monoisotopic (exact) mass is 362 g/mol. The van der Waals surface area contributed by atoms with Crippen molar-refractivity contribution in [2.45, 2.75) is 26.8 Å². The third kappa shape index (κ3) is 5.28. The molecule has 1 amide bonds. The van der Waals surface area contributed by atoms with Crippen molar-refractivity contribution in [3.05, 3.63) is 23.2 Å². The number of ether oxygens (including phenoxy) is 1. The average molecular weight is 363 g/mol. The van der Waals surface area contributed by atoms with Crippen LogP contribution in [-0.4, -0.2) is 40.3 Å². The van der Waals surface area contributed by atoms with Gasteiger partial charge in [0.15, 0.2) is 0 Å². The second-order valence-electron chi connectivity index (χ2n) is 5.69. The molecule has 0 heterocycles. The van der Waals surface area contributed by atoms with Gasteiger partial charge in [-0.2, -0.15) is 0 Å². The molecule has 0 aromatic heterocycles. The number of benzene rings is 1. The Morgan fingerprint density at radius 2 is 1.96 bits per heavy atom. The summed E-state index contributed by atoms with van der Waals surface area (Å²) in [7, 11) is -2.19. The number of anilines is 1. The van der Waals surface area contributed by atoms with Crippen LogP contribution in [-0.2, 0) is 14.8 Å². The predicted molar refractivity (Wildman–Crippen MR) is 92.6 cm³/mol. The van der Waals surface area contributed by atoms with Gasteiger partial charge in [0.1, 0.15) is 11.8 Å². The lowest BCUT2D eigenvalue weighted by Gasteiger charge is -2.28. The van der Waals surface area contributed by atoms with Crippen LogP contribution in [0.1, 0.15) is 20.8 Å². The van der Waals surface area contributed by atoms with Gasteiger partial charge in [0.05, 0.1) is 24.1 Å². The molecule has 0 unspecified atom stereocenters. The average Bonchev–Trinajstić information content (AvgIpc) is 2.43. The van der Waals surface area contributed by atoms with Crippen molar-refractivity contribution in [2.75, 3.05) is 24.2 Å². The second kappa shape index (κ2) is 7.88. The number of nitrogens with zero attached hydrogens (tertiary/aromatic N) is 1. The van der Waals surface area contributed by atoms with Crippen molar-refractivity contribution in [3.8, 4) is 5.75 Å². The molecule has 1 aromatic carbocycles. The molecule has 1 N–H and O–H groups in total. The first-order valence-electron chi connectivity index (χ1n) is 7.18. The zero-order valence-corrected chi connectivity index (χ0v) is 15.5. The SMILES string of the molecule is COc1ccc(N([C@H](C)C(=O)NCC(C)C)S(C)(=O)=O)cc1Cl. The van der Waals surface area contributed by atoms with Crippen molar-refractivity contribution in [2.24, 2.45) is 5.92 Å². The Hall–Kier alpha value is -1.47. The molecule has 0 saturated heterocycles. The molecule has 0 saturated carbocycles. The smallest absolute Gasteiger partial charge is 0.243 e. The van der Waals surface area contributed by atoms with Crippen LogP contribution < -0.4 is 14.4 Å². The maximum Gasteiger partial charge on any atom is 0.243 e. The Labute approximate surface area is 142 Å². The summed E-state index contributed by atoms with van der Waals surface area (Å²) in [6, 6.07) is 3.69. The minimum Gasteiger partial charge on any atom is -0.495 e. The molecule has 0 aliphatic carbocycles. The number of rotatable bonds is 7. The highest BCUT2D eigenvalue weighted by Gasteiger charge is 2.29. The molecule has 0 fully saturated rings. The van der Waals surface area contributed by atoms with E-state index in [4.69, 9.17) is 16.3 Å². The van der Waals surface area contributed by atoms with Crippen molar-refractivity contribution >= 4 is 33.2 Å². The third-order valence-electron chi connectivity index (χ3n) is 3.16. The van der Waals surface area contributed by atoms with Crippen LogP contribution in [0.5, 0.6) is 5.75 Å². The van der Waals surface area contributed by atoms with E-state index in [1.807, 2.05) is 13.8 Å². The quantitative estimate of drug-likeness (QED) is 0.807. The van der Waals surface area contributed by atoms with Gasteiger partial charge in [-0.1, -0.05) is 25.4 Å². The van der Waals surface area contributed by atoms with Crippen molar-refractivity contribution < 1.29 is 17.9 Å². The summed E-state index contributed by atoms with van der Waals surface area (Å²) in [5.41, 5.74) is 0.311. The van der Waals surface area contributed by atoms with Gasteiger partial charge in [-0.3, -0.25) is 9.10 Å². The summed E-state index contributed by atoms with van der Waals surface area (Å²) in [4.78, 5) is 12.2. The number of methoxy groups -OCH3 is 1. The fourth-order valence-corrected chi connectivity index (χ4v) is 3.47. The highest BCUT2D eigenvalue weighted by molar-refractivity contribution is 7.92. The van der Waals surface area contributed by atoms with E-state index in [0.717, 1.165) is 10.6 Å². The highest BCUT2D eigenvalue weighted by Crippen LogP contribution is 2.31. The molecule has 0 aliphatic rings. The Morgan fingerprint density at radius 1 is 1.35 bits per heavy atom. The summed E-state index contributed by atoms with van der Waals surface area (Å²) in [6.45, 7) is 5.93. The molecule has 6 nitrogen and oxygen atoms in total. The van der Waals surface area contributed by atoms with Gasteiger partial charge >= 0.3 is 0 Å². The van der Waals surface area contributed by atoms with Gasteiger partial charge in [0, 0.05) is 6.54 Å². The summed E-state index contributed by atoms with van der Waals surface area (Å²) >= 11 is 6.06. The van der Waals surface area contributed by atoms with Gasteiger partial charge < -0.3 is 10.1 Å². The number of nitrogens with one attached hydrogen (secondary N) is 1. The Morgan fingerprint density at radius 3 is 2.39 bits per heavy atom. The molecule has 1 rings (SSSR count). The van der Waals surface area contributed by atoms with Gasteiger partial charge in [-0.05, 0) is 31.0 Å². The number of hydrogen-bond donors (Lipinski definition) is 1. The van der Waals surface area contributed by atoms with E-state index in [1.54, 1.807) is 12.1 Å². The molecule has 0 spiro atoms. The van der Waals surface area contributed by atoms with Gasteiger partial charge in [0.25, 0.3) is 0 Å². The lowest BCUT2D eigenvalue weighted by atomic mass is 10.2. The first-order chi connectivity index (χ1) is 10.6. The Balaban J connectivity index is 3.15. The number of amides is 1.